The summed E-state index contributed by atoms with van der Waals surface area (Å²) < 4.78 is 16.3. The second-order valence-electron chi connectivity index (χ2n) is 5.34. The zero-order valence-electron chi connectivity index (χ0n) is 13.4. The molecule has 1 amide bonds. The van der Waals surface area contributed by atoms with Crippen LogP contribution in [0.25, 0.3) is 0 Å². The molecule has 0 fully saturated rings. The number of nitrogens with zero attached hydrogens (tertiary/aromatic N) is 1. The fraction of sp³-hybridized carbons (Fsp3) is 0.211. The molecule has 0 bridgehead atoms. The Morgan fingerprint density at radius 3 is 2.75 bits per heavy atom. The number of fused-ring (bicyclic) bond motifs is 1. The minimum absolute atomic E-state index is 0.234. The van der Waals surface area contributed by atoms with Gasteiger partial charge in [0.15, 0.2) is 0 Å². The van der Waals surface area contributed by atoms with Gasteiger partial charge in [-0.25, -0.2) is 4.79 Å². The molecule has 1 aliphatic heterocycles. The van der Waals surface area contributed by atoms with Crippen molar-refractivity contribution in [3.8, 4) is 5.75 Å². The maximum absolute atomic E-state index is 12.5. The number of carbonyl (C=O) groups is 1. The van der Waals surface area contributed by atoms with Gasteiger partial charge >= 0.3 is 6.09 Å². The summed E-state index contributed by atoms with van der Waals surface area (Å²) in [6.07, 6.45) is 2.63. The Morgan fingerprint density at radius 1 is 1.21 bits per heavy atom. The number of anilines is 1. The lowest BCUT2D eigenvalue weighted by Crippen LogP contribution is -2.43. The summed E-state index contributed by atoms with van der Waals surface area (Å²) in [4.78, 5) is 14.1. The van der Waals surface area contributed by atoms with Crippen molar-refractivity contribution in [3.05, 3.63) is 72.5 Å². The van der Waals surface area contributed by atoms with Crippen LogP contribution in [0, 0.1) is 0 Å². The summed E-state index contributed by atoms with van der Waals surface area (Å²) in [5, 5.41) is 0. The predicted octanol–water partition coefficient (Wildman–Crippen LogP) is 3.75. The fourth-order valence-electron chi connectivity index (χ4n) is 2.49. The summed E-state index contributed by atoms with van der Waals surface area (Å²) >= 11 is 0. The van der Waals surface area contributed by atoms with Crippen LogP contribution in [-0.2, 0) is 16.1 Å². The maximum atomic E-state index is 12.5. The number of hydrogen-bond acceptors (Lipinski definition) is 4. The zero-order chi connectivity index (χ0) is 16.8. The molecule has 1 atom stereocenters. The van der Waals surface area contributed by atoms with E-state index in [1.807, 2.05) is 54.6 Å². The van der Waals surface area contributed by atoms with Gasteiger partial charge in [0.25, 0.3) is 0 Å². The van der Waals surface area contributed by atoms with Crippen LogP contribution in [0.3, 0.4) is 0 Å². The summed E-state index contributed by atoms with van der Waals surface area (Å²) in [7, 11) is 1.57. The average molecular weight is 325 g/mol. The van der Waals surface area contributed by atoms with E-state index in [-0.39, 0.29) is 12.7 Å². The van der Waals surface area contributed by atoms with Crippen LogP contribution in [0.15, 0.2) is 66.9 Å². The number of para-hydroxylation sites is 2. The molecule has 5 heteroatoms. The topological polar surface area (TPSA) is 48.0 Å². The molecule has 1 unspecified atom stereocenters. The molecule has 124 valence electrons. The van der Waals surface area contributed by atoms with Gasteiger partial charge in [0, 0.05) is 0 Å². The van der Waals surface area contributed by atoms with Gasteiger partial charge in [-0.3, -0.25) is 4.90 Å². The van der Waals surface area contributed by atoms with Gasteiger partial charge in [-0.2, -0.15) is 0 Å². The lowest BCUT2D eigenvalue weighted by Gasteiger charge is -2.32. The Morgan fingerprint density at radius 2 is 1.96 bits per heavy atom. The van der Waals surface area contributed by atoms with Crippen molar-refractivity contribution < 1.29 is 19.0 Å². The van der Waals surface area contributed by atoms with Crippen LogP contribution in [0.5, 0.6) is 5.75 Å². The van der Waals surface area contributed by atoms with Crippen molar-refractivity contribution in [2.75, 3.05) is 18.6 Å². The van der Waals surface area contributed by atoms with Gasteiger partial charge in [-0.1, -0.05) is 42.5 Å². The highest BCUT2D eigenvalue weighted by molar-refractivity contribution is 5.90. The van der Waals surface area contributed by atoms with Crippen molar-refractivity contribution in [2.45, 2.75) is 12.7 Å². The van der Waals surface area contributed by atoms with Crippen LogP contribution in [-0.4, -0.2) is 25.9 Å². The van der Waals surface area contributed by atoms with Crippen molar-refractivity contribution in [1.29, 1.82) is 0 Å². The SMILES string of the molecule is COC=CC1CN(C(=O)OCc2ccccc2)c2ccccc2O1. The molecule has 0 N–H and O–H groups in total. The van der Waals surface area contributed by atoms with E-state index >= 15 is 0 Å². The molecule has 0 saturated carbocycles. The largest absolute Gasteiger partial charge is 0.505 e. The molecule has 1 heterocycles. The monoisotopic (exact) mass is 325 g/mol. The Bertz CT molecular complexity index is 714. The number of methoxy groups -OCH3 is 1. The van der Waals surface area contributed by atoms with Crippen LogP contribution in [0.1, 0.15) is 5.56 Å². The first-order valence-electron chi connectivity index (χ1n) is 7.71. The third-order valence-electron chi connectivity index (χ3n) is 3.65. The maximum Gasteiger partial charge on any atom is 0.414 e. The first-order chi connectivity index (χ1) is 11.8. The second-order valence-corrected chi connectivity index (χ2v) is 5.34. The van der Waals surface area contributed by atoms with Crippen molar-refractivity contribution in [1.82, 2.24) is 0 Å². The quantitative estimate of drug-likeness (QED) is 0.803. The van der Waals surface area contributed by atoms with Crippen LogP contribution < -0.4 is 9.64 Å². The van der Waals surface area contributed by atoms with Crippen LogP contribution in [0.2, 0.25) is 0 Å². The summed E-state index contributed by atoms with van der Waals surface area (Å²) in [6.45, 7) is 0.599. The molecule has 3 rings (SSSR count). The van der Waals surface area contributed by atoms with Crippen molar-refractivity contribution in [3.63, 3.8) is 0 Å². The lowest BCUT2D eigenvalue weighted by molar-refractivity contribution is 0.140. The average Bonchev–Trinajstić information content (AvgIpc) is 2.64. The minimum Gasteiger partial charge on any atom is -0.505 e. The minimum atomic E-state index is -0.398. The highest BCUT2D eigenvalue weighted by atomic mass is 16.6. The molecule has 2 aromatic rings. The van der Waals surface area contributed by atoms with E-state index < -0.39 is 6.09 Å². The predicted molar refractivity (Wildman–Crippen MR) is 91.0 cm³/mol. The van der Waals surface area contributed by atoms with Gasteiger partial charge < -0.3 is 14.2 Å². The highest BCUT2D eigenvalue weighted by Gasteiger charge is 2.29. The Balaban J connectivity index is 1.74. The second kappa shape index (κ2) is 7.55. The summed E-state index contributed by atoms with van der Waals surface area (Å²) in [5.74, 6) is 0.645. The first-order valence-corrected chi connectivity index (χ1v) is 7.71. The van der Waals surface area contributed by atoms with E-state index in [2.05, 4.69) is 0 Å². The van der Waals surface area contributed by atoms with E-state index in [4.69, 9.17) is 14.2 Å². The highest BCUT2D eigenvalue weighted by Crippen LogP contribution is 2.33. The molecule has 2 aromatic carbocycles. The molecule has 5 nitrogen and oxygen atoms in total. The molecule has 24 heavy (non-hydrogen) atoms. The fourth-order valence-corrected chi connectivity index (χ4v) is 2.49. The molecule has 0 saturated heterocycles. The Kier molecular flexibility index (Phi) is 5.01. The van der Waals surface area contributed by atoms with Crippen molar-refractivity contribution in [2.24, 2.45) is 0 Å². The normalized spacial score (nSPS) is 16.4. The van der Waals surface area contributed by atoms with E-state index in [9.17, 15) is 4.79 Å². The van der Waals surface area contributed by atoms with E-state index in [0.29, 0.717) is 18.0 Å². The number of carbonyl (C=O) groups excluding carboxylic acids is 1. The van der Waals surface area contributed by atoms with E-state index in [1.54, 1.807) is 24.3 Å². The third kappa shape index (κ3) is 3.68. The summed E-state index contributed by atoms with van der Waals surface area (Å²) in [6, 6.07) is 17.0. The molecule has 1 aliphatic rings. The molecular weight excluding hydrogens is 306 g/mol. The number of hydrogen-bond donors (Lipinski definition) is 0. The van der Waals surface area contributed by atoms with Gasteiger partial charge in [-0.05, 0) is 23.8 Å². The summed E-state index contributed by atoms with van der Waals surface area (Å²) in [5.41, 5.74) is 1.65. The molecule has 0 spiro atoms. The first kappa shape index (κ1) is 15.9. The standard InChI is InChI=1S/C19H19NO4/c1-22-12-11-16-13-20(17-9-5-6-10-18(17)24-16)19(21)23-14-15-7-3-2-4-8-15/h2-12,16H,13-14H2,1H3. The molecule has 0 radical (unpaired) electrons. The third-order valence-corrected chi connectivity index (χ3v) is 3.65. The number of rotatable bonds is 4. The molecule has 0 aromatic heterocycles. The van der Waals surface area contributed by atoms with E-state index in [0.717, 1.165) is 5.56 Å². The zero-order valence-corrected chi connectivity index (χ0v) is 13.4. The van der Waals surface area contributed by atoms with Crippen LogP contribution in [0.4, 0.5) is 10.5 Å². The van der Waals surface area contributed by atoms with E-state index in [1.165, 1.54) is 0 Å². The van der Waals surface area contributed by atoms with Gasteiger partial charge in [0.05, 0.1) is 25.6 Å². The lowest BCUT2D eigenvalue weighted by atomic mass is 10.2. The van der Waals surface area contributed by atoms with Crippen molar-refractivity contribution >= 4 is 11.8 Å². The molecule has 0 aliphatic carbocycles. The van der Waals surface area contributed by atoms with Crippen LogP contribution >= 0.6 is 0 Å². The number of ether oxygens (including phenoxy) is 3. The van der Waals surface area contributed by atoms with Gasteiger partial charge in [0.2, 0.25) is 0 Å². The number of benzene rings is 2. The molecular formula is C19H19NO4. The van der Waals surface area contributed by atoms with Gasteiger partial charge in [-0.15, -0.1) is 0 Å². The Labute approximate surface area is 141 Å². The smallest absolute Gasteiger partial charge is 0.414 e. The Hall–Kier alpha value is -2.95. The number of amides is 1. The van der Waals surface area contributed by atoms with Gasteiger partial charge in [0.1, 0.15) is 18.5 Å².